The maximum absolute atomic E-state index is 11.0. The van der Waals surface area contributed by atoms with E-state index in [1.54, 1.807) is 11.7 Å². The van der Waals surface area contributed by atoms with Gasteiger partial charge in [0.25, 0.3) is 5.70 Å². The molecular weight excluding hydrogens is 356 g/mol. The van der Waals surface area contributed by atoms with Crippen LogP contribution < -0.4 is 14.6 Å². The number of aliphatic hydroxyl groups excluding tert-OH is 1. The zero-order valence-electron chi connectivity index (χ0n) is 15.2. The van der Waals surface area contributed by atoms with Crippen molar-refractivity contribution < 1.29 is 15.8 Å². The second-order valence-electron chi connectivity index (χ2n) is 6.03. The van der Waals surface area contributed by atoms with Crippen LogP contribution in [-0.2, 0) is 0 Å². The van der Waals surface area contributed by atoms with Gasteiger partial charge >= 0.3 is 0 Å². The molecule has 0 bridgehead atoms. The van der Waals surface area contributed by atoms with Gasteiger partial charge in [-0.05, 0) is 19.1 Å². The molecule has 0 aliphatic rings. The van der Waals surface area contributed by atoms with Gasteiger partial charge in [0.05, 0.1) is 7.11 Å². The number of anilines is 1. The van der Waals surface area contributed by atoms with Crippen molar-refractivity contribution in [3.8, 4) is 5.75 Å². The van der Waals surface area contributed by atoms with Crippen LogP contribution in [0.1, 0.15) is 12.6 Å². The minimum absolute atomic E-state index is 0. The Morgan fingerprint density at radius 1 is 1.04 bits per heavy atom. The van der Waals surface area contributed by atoms with E-state index in [9.17, 15) is 5.11 Å². The van der Waals surface area contributed by atoms with Crippen molar-refractivity contribution >= 4 is 34.3 Å². The van der Waals surface area contributed by atoms with E-state index >= 15 is 0 Å². The summed E-state index contributed by atoms with van der Waals surface area (Å²) in [5.41, 5.74) is 3.10. The monoisotopic (exact) mass is 379 g/mol. The summed E-state index contributed by atoms with van der Waals surface area (Å²) in [7, 11) is 1.62. The molecule has 0 atom stereocenters. The standard InChI is InChI=1S/C22H20N2O2S.H2/c1-16-9-11-17(12-10-16)21(25)20(24-13-4-3-5-14-24)22(27)23-18-7-6-8-19(15-18)26-2;/h3-15H,1-2H3,(H-,23,25,27);1H/p+1. The number of rotatable bonds is 5. The molecule has 2 aromatic carbocycles. The molecule has 0 saturated carbocycles. The van der Waals surface area contributed by atoms with Gasteiger partial charge in [0.1, 0.15) is 5.75 Å². The van der Waals surface area contributed by atoms with E-state index in [-0.39, 0.29) is 7.19 Å². The van der Waals surface area contributed by atoms with Crippen LogP contribution in [0.3, 0.4) is 0 Å². The topological polar surface area (TPSA) is 45.4 Å². The molecule has 1 aromatic heterocycles. The summed E-state index contributed by atoms with van der Waals surface area (Å²) in [6.45, 7) is 2.01. The van der Waals surface area contributed by atoms with Crippen LogP contribution in [0.15, 0.2) is 79.1 Å². The Morgan fingerprint density at radius 2 is 1.74 bits per heavy atom. The summed E-state index contributed by atoms with van der Waals surface area (Å²) in [4.78, 5) is 0.400. The molecule has 0 spiro atoms. The van der Waals surface area contributed by atoms with Crippen molar-refractivity contribution in [3.63, 3.8) is 0 Å². The number of nitrogens with one attached hydrogen (secondary N) is 1. The third-order valence-corrected chi connectivity index (χ3v) is 4.36. The molecule has 27 heavy (non-hydrogen) atoms. The Labute approximate surface area is 165 Å². The first kappa shape index (κ1) is 18.6. The van der Waals surface area contributed by atoms with E-state index in [0.29, 0.717) is 16.2 Å². The van der Waals surface area contributed by atoms with Crippen LogP contribution >= 0.6 is 12.2 Å². The summed E-state index contributed by atoms with van der Waals surface area (Å²) in [6, 6.07) is 20.8. The largest absolute Gasteiger partial charge is 0.502 e. The Hall–Kier alpha value is -3.18. The molecule has 0 radical (unpaired) electrons. The second kappa shape index (κ2) is 8.47. The number of nitrogens with zero attached hydrogens (tertiary/aromatic N) is 1. The summed E-state index contributed by atoms with van der Waals surface area (Å²) in [6.07, 6.45) is 3.69. The number of aliphatic hydroxyl groups is 1. The van der Waals surface area contributed by atoms with Crippen molar-refractivity contribution in [2.24, 2.45) is 0 Å². The number of pyridine rings is 1. The lowest BCUT2D eigenvalue weighted by Crippen LogP contribution is -2.38. The quantitative estimate of drug-likeness (QED) is 0.288. The fourth-order valence-electron chi connectivity index (χ4n) is 2.63. The number of aryl methyl sites for hydroxylation is 1. The molecule has 0 aliphatic carbocycles. The number of methoxy groups -OCH3 is 1. The van der Waals surface area contributed by atoms with Crippen molar-refractivity contribution in [3.05, 3.63) is 90.3 Å². The predicted octanol–water partition coefficient (Wildman–Crippen LogP) is 4.86. The first-order chi connectivity index (χ1) is 13.1. The average Bonchev–Trinajstić information content (AvgIpc) is 2.69. The maximum atomic E-state index is 11.0. The number of benzene rings is 2. The van der Waals surface area contributed by atoms with Gasteiger partial charge in [-0.1, -0.05) is 54.2 Å². The lowest BCUT2D eigenvalue weighted by Gasteiger charge is -2.11. The third kappa shape index (κ3) is 4.51. The Balaban J connectivity index is 0.00000280. The Morgan fingerprint density at radius 3 is 2.41 bits per heavy atom. The van der Waals surface area contributed by atoms with Crippen molar-refractivity contribution in [1.82, 2.24) is 0 Å². The number of hydrogen-bond acceptors (Lipinski definition) is 3. The smallest absolute Gasteiger partial charge is 0.288 e. The molecule has 4 nitrogen and oxygen atoms in total. The highest BCUT2D eigenvalue weighted by molar-refractivity contribution is 7.81. The maximum Gasteiger partial charge on any atom is 0.288 e. The molecule has 2 N–H and O–H groups in total. The molecule has 0 amide bonds. The zero-order valence-corrected chi connectivity index (χ0v) is 16.0. The van der Waals surface area contributed by atoms with E-state index in [1.165, 1.54) is 0 Å². The first-order valence-corrected chi connectivity index (χ1v) is 8.91. The molecule has 0 fully saturated rings. The first-order valence-electron chi connectivity index (χ1n) is 8.51. The Bertz CT molecular complexity index is 973. The lowest BCUT2D eigenvalue weighted by atomic mass is 10.1. The minimum Gasteiger partial charge on any atom is -0.502 e. The molecular formula is C22H23N2O2S+. The number of hydrogen-bond donors (Lipinski definition) is 2. The fraction of sp³-hybridized carbons (Fsp3) is 0.0909. The van der Waals surface area contributed by atoms with Crippen LogP contribution in [0.2, 0.25) is 0 Å². The number of thiocarbonyl (C=S) groups is 1. The van der Waals surface area contributed by atoms with Crippen LogP contribution in [-0.4, -0.2) is 17.2 Å². The summed E-state index contributed by atoms with van der Waals surface area (Å²) in [5, 5.41) is 14.2. The number of ether oxygens (including phenoxy) is 1. The van der Waals surface area contributed by atoms with Crippen LogP contribution in [0.5, 0.6) is 5.75 Å². The van der Waals surface area contributed by atoms with E-state index in [0.717, 1.165) is 17.0 Å². The van der Waals surface area contributed by atoms with Crippen LogP contribution in [0.25, 0.3) is 11.5 Å². The predicted molar refractivity (Wildman–Crippen MR) is 115 cm³/mol. The van der Waals surface area contributed by atoms with E-state index < -0.39 is 0 Å². The molecule has 5 heteroatoms. The molecule has 1 heterocycles. The summed E-state index contributed by atoms with van der Waals surface area (Å²) < 4.78 is 7.06. The van der Waals surface area contributed by atoms with Gasteiger partial charge in [0, 0.05) is 30.9 Å². The van der Waals surface area contributed by atoms with Gasteiger partial charge in [0.15, 0.2) is 23.1 Å². The molecule has 138 valence electrons. The molecule has 3 aromatic rings. The van der Waals surface area contributed by atoms with E-state index in [4.69, 9.17) is 17.0 Å². The average molecular weight is 380 g/mol. The van der Waals surface area contributed by atoms with Crippen molar-refractivity contribution in [2.75, 3.05) is 12.4 Å². The highest BCUT2D eigenvalue weighted by atomic mass is 32.1. The fourth-order valence-corrected chi connectivity index (χ4v) is 2.95. The van der Waals surface area contributed by atoms with Crippen molar-refractivity contribution in [2.45, 2.75) is 6.92 Å². The second-order valence-corrected chi connectivity index (χ2v) is 6.44. The SMILES string of the molecule is COc1cccc(NC(=S)C(=C(O)c2ccc(C)cc2)[n+]2ccccc2)c1.[HH]. The van der Waals surface area contributed by atoms with Gasteiger partial charge in [-0.3, -0.25) is 0 Å². The summed E-state index contributed by atoms with van der Waals surface area (Å²) >= 11 is 5.63. The lowest BCUT2D eigenvalue weighted by molar-refractivity contribution is -0.575. The molecule has 0 aliphatic heterocycles. The third-order valence-electron chi connectivity index (χ3n) is 4.07. The molecule has 0 unspecified atom stereocenters. The number of aromatic nitrogens is 1. The highest BCUT2D eigenvalue weighted by Gasteiger charge is 2.23. The van der Waals surface area contributed by atoms with Gasteiger partial charge in [-0.25, -0.2) is 0 Å². The van der Waals surface area contributed by atoms with Crippen LogP contribution in [0, 0.1) is 6.92 Å². The van der Waals surface area contributed by atoms with E-state index in [1.807, 2.05) is 86.0 Å². The molecule has 0 saturated heterocycles. The van der Waals surface area contributed by atoms with Crippen molar-refractivity contribution in [1.29, 1.82) is 0 Å². The minimum atomic E-state index is 0. The van der Waals surface area contributed by atoms with Crippen LogP contribution in [0.4, 0.5) is 5.69 Å². The summed E-state index contributed by atoms with van der Waals surface area (Å²) in [5.74, 6) is 0.829. The van der Waals surface area contributed by atoms with Gasteiger partial charge in [-0.15, -0.1) is 0 Å². The van der Waals surface area contributed by atoms with Gasteiger partial charge in [-0.2, -0.15) is 4.57 Å². The van der Waals surface area contributed by atoms with Gasteiger partial charge in [0.2, 0.25) is 0 Å². The molecule has 3 rings (SSSR count). The zero-order chi connectivity index (χ0) is 19.2. The highest BCUT2D eigenvalue weighted by Crippen LogP contribution is 2.21. The van der Waals surface area contributed by atoms with E-state index in [2.05, 4.69) is 5.32 Å². The normalized spacial score (nSPS) is 11.5. The van der Waals surface area contributed by atoms with Gasteiger partial charge < -0.3 is 15.2 Å². The Kier molecular flexibility index (Phi) is 5.84.